The smallest absolute Gasteiger partial charge is 0.200 e. The molecular weight excluding hydrogens is 306 g/mol. The van der Waals surface area contributed by atoms with E-state index in [2.05, 4.69) is 15.9 Å². The summed E-state index contributed by atoms with van der Waals surface area (Å²) < 4.78 is 32.8. The lowest BCUT2D eigenvalue weighted by molar-refractivity contribution is -0.00327. The second-order valence-corrected chi connectivity index (χ2v) is 4.81. The molecule has 0 unspecified atom stereocenters. The number of ketones is 1. The van der Waals surface area contributed by atoms with Crippen LogP contribution in [0.1, 0.15) is 37.0 Å². The van der Waals surface area contributed by atoms with Crippen molar-refractivity contribution >= 4 is 21.7 Å². The molecule has 0 bridgehead atoms. The predicted octanol–water partition coefficient (Wildman–Crippen LogP) is 4.12. The lowest BCUT2D eigenvalue weighted by atomic mass is 9.87. The molecule has 2 nitrogen and oxygen atoms in total. The topological polar surface area (TPSA) is 26.3 Å². The molecule has 1 rings (SSSR count). The Morgan fingerprint density at radius 2 is 1.89 bits per heavy atom. The van der Waals surface area contributed by atoms with Gasteiger partial charge >= 0.3 is 0 Å². The van der Waals surface area contributed by atoms with Gasteiger partial charge in [0.2, 0.25) is 5.78 Å². The largest absolute Gasteiger partial charge is 0.370 e. The van der Waals surface area contributed by atoms with E-state index in [-0.39, 0.29) is 4.47 Å². The first-order valence-corrected chi connectivity index (χ1v) is 6.46. The van der Waals surface area contributed by atoms with Crippen molar-refractivity contribution in [2.75, 3.05) is 7.11 Å². The van der Waals surface area contributed by atoms with E-state index in [1.165, 1.54) is 13.2 Å². The third-order valence-electron chi connectivity index (χ3n) is 3.22. The number of carbonyl (C=O) groups is 1. The molecule has 1 aromatic carbocycles. The highest BCUT2D eigenvalue weighted by Gasteiger charge is 2.38. The maximum absolute atomic E-state index is 13.9. The van der Waals surface area contributed by atoms with E-state index in [4.69, 9.17) is 4.74 Å². The number of ether oxygens (including phenoxy) is 1. The molecule has 0 saturated carbocycles. The highest BCUT2D eigenvalue weighted by atomic mass is 79.9. The normalized spacial score (nSPS) is 11.7. The minimum Gasteiger partial charge on any atom is -0.370 e. The molecule has 0 aromatic heterocycles. The minimum atomic E-state index is -1.18. The summed E-state index contributed by atoms with van der Waals surface area (Å²) in [6.45, 7) is 3.50. The first-order valence-electron chi connectivity index (χ1n) is 5.67. The van der Waals surface area contributed by atoms with E-state index in [9.17, 15) is 13.6 Å². The van der Waals surface area contributed by atoms with Gasteiger partial charge in [0.15, 0.2) is 5.82 Å². The van der Waals surface area contributed by atoms with Crippen molar-refractivity contribution in [1.82, 2.24) is 0 Å². The molecule has 0 spiro atoms. The quantitative estimate of drug-likeness (QED) is 0.602. The monoisotopic (exact) mass is 320 g/mol. The van der Waals surface area contributed by atoms with Crippen molar-refractivity contribution in [2.24, 2.45) is 0 Å². The zero-order valence-electron chi connectivity index (χ0n) is 10.5. The predicted molar refractivity (Wildman–Crippen MR) is 68.7 cm³/mol. The second kappa shape index (κ2) is 5.89. The molecule has 18 heavy (non-hydrogen) atoms. The van der Waals surface area contributed by atoms with Crippen LogP contribution < -0.4 is 0 Å². The van der Waals surface area contributed by atoms with E-state index in [1.54, 1.807) is 13.8 Å². The van der Waals surface area contributed by atoms with Crippen LogP contribution in [0.25, 0.3) is 0 Å². The van der Waals surface area contributed by atoms with Gasteiger partial charge < -0.3 is 4.74 Å². The Bertz CT molecular complexity index is 448. The van der Waals surface area contributed by atoms with Gasteiger partial charge in [0, 0.05) is 7.11 Å². The summed E-state index contributed by atoms with van der Waals surface area (Å²) in [5, 5.41) is 0. The molecule has 5 heteroatoms. The number of hydrogen-bond acceptors (Lipinski definition) is 2. The zero-order chi connectivity index (χ0) is 13.9. The van der Waals surface area contributed by atoms with E-state index in [0.29, 0.717) is 12.8 Å². The SMILES string of the molecule is CCC(CC)(OC)C(=O)c1c(F)ccc(Br)c1F. The highest BCUT2D eigenvalue weighted by Crippen LogP contribution is 2.30. The summed E-state index contributed by atoms with van der Waals surface area (Å²) in [5.41, 5.74) is -1.72. The number of benzene rings is 1. The number of Topliss-reactive ketones (excluding diaryl/α,β-unsaturated/α-hetero) is 1. The first kappa shape index (κ1) is 15.2. The fourth-order valence-corrected chi connectivity index (χ4v) is 2.25. The number of halogens is 3. The van der Waals surface area contributed by atoms with E-state index >= 15 is 0 Å². The minimum absolute atomic E-state index is 0.0597. The Hall–Kier alpha value is -0.810. The third-order valence-corrected chi connectivity index (χ3v) is 3.83. The molecule has 100 valence electrons. The second-order valence-electron chi connectivity index (χ2n) is 3.95. The van der Waals surface area contributed by atoms with Crippen LogP contribution in [0.2, 0.25) is 0 Å². The van der Waals surface area contributed by atoms with Crippen LogP contribution in [0.4, 0.5) is 8.78 Å². The number of methoxy groups -OCH3 is 1. The van der Waals surface area contributed by atoms with Gasteiger partial charge in [-0.2, -0.15) is 0 Å². The molecule has 0 aliphatic carbocycles. The summed E-state index contributed by atoms with van der Waals surface area (Å²) in [5.74, 6) is -2.42. The maximum Gasteiger partial charge on any atom is 0.200 e. The Morgan fingerprint density at radius 3 is 2.33 bits per heavy atom. The molecule has 0 radical (unpaired) electrons. The van der Waals surface area contributed by atoms with E-state index in [1.807, 2.05) is 0 Å². The Labute approximate surface area is 113 Å². The van der Waals surface area contributed by atoms with Gasteiger partial charge in [-0.15, -0.1) is 0 Å². The average Bonchev–Trinajstić information content (AvgIpc) is 2.37. The first-order chi connectivity index (χ1) is 8.43. The standard InChI is InChI=1S/C13H15BrF2O2/c1-4-13(5-2,18-3)12(17)10-9(15)7-6-8(14)11(10)16/h6-7H,4-5H2,1-3H3. The van der Waals surface area contributed by atoms with Gasteiger partial charge in [0.25, 0.3) is 0 Å². The summed E-state index contributed by atoms with van der Waals surface area (Å²) in [7, 11) is 1.37. The van der Waals surface area contributed by atoms with Crippen LogP contribution in [-0.2, 0) is 4.74 Å². The molecular formula is C13H15BrF2O2. The highest BCUT2D eigenvalue weighted by molar-refractivity contribution is 9.10. The van der Waals surface area contributed by atoms with E-state index < -0.39 is 28.6 Å². The van der Waals surface area contributed by atoms with Crippen LogP contribution >= 0.6 is 15.9 Å². The molecule has 0 saturated heterocycles. The number of carbonyl (C=O) groups excluding carboxylic acids is 1. The Balaban J connectivity index is 3.38. The van der Waals surface area contributed by atoms with Crippen molar-refractivity contribution in [3.63, 3.8) is 0 Å². The Kier molecular flexibility index (Phi) is 4.99. The summed E-state index contributed by atoms with van der Waals surface area (Å²) in [6.07, 6.45) is 0.703. The molecule has 0 amide bonds. The summed E-state index contributed by atoms with van der Waals surface area (Å²) in [4.78, 5) is 12.3. The number of hydrogen-bond donors (Lipinski definition) is 0. The summed E-state index contributed by atoms with van der Waals surface area (Å²) in [6, 6.07) is 2.29. The molecule has 0 heterocycles. The van der Waals surface area contributed by atoms with Gasteiger partial charge in [-0.05, 0) is 40.9 Å². The molecule has 0 atom stereocenters. The number of rotatable bonds is 5. The van der Waals surface area contributed by atoms with Gasteiger partial charge in [-0.1, -0.05) is 13.8 Å². The zero-order valence-corrected chi connectivity index (χ0v) is 12.1. The van der Waals surface area contributed by atoms with Crippen molar-refractivity contribution in [1.29, 1.82) is 0 Å². The molecule has 0 N–H and O–H groups in total. The third kappa shape index (κ3) is 2.47. The van der Waals surface area contributed by atoms with Gasteiger partial charge in [-0.25, -0.2) is 8.78 Å². The van der Waals surface area contributed by atoms with Crippen LogP contribution in [0, 0.1) is 11.6 Å². The van der Waals surface area contributed by atoms with Crippen molar-refractivity contribution < 1.29 is 18.3 Å². The molecule has 0 aliphatic heterocycles. The molecule has 0 aliphatic rings. The van der Waals surface area contributed by atoms with Crippen LogP contribution in [0.5, 0.6) is 0 Å². The van der Waals surface area contributed by atoms with Crippen LogP contribution in [0.15, 0.2) is 16.6 Å². The maximum atomic E-state index is 13.9. The van der Waals surface area contributed by atoms with E-state index in [0.717, 1.165) is 6.07 Å². The fourth-order valence-electron chi connectivity index (χ4n) is 1.92. The molecule has 0 fully saturated rings. The Morgan fingerprint density at radius 1 is 1.33 bits per heavy atom. The van der Waals surface area contributed by atoms with Gasteiger partial charge in [0.1, 0.15) is 11.4 Å². The fraction of sp³-hybridized carbons (Fsp3) is 0.462. The summed E-state index contributed by atoms with van der Waals surface area (Å²) >= 11 is 2.95. The van der Waals surface area contributed by atoms with Crippen molar-refractivity contribution in [3.8, 4) is 0 Å². The average molecular weight is 321 g/mol. The lowest BCUT2D eigenvalue weighted by Crippen LogP contribution is -2.40. The van der Waals surface area contributed by atoms with Crippen LogP contribution in [-0.4, -0.2) is 18.5 Å². The van der Waals surface area contributed by atoms with Gasteiger partial charge in [0.05, 0.1) is 10.0 Å². The lowest BCUT2D eigenvalue weighted by Gasteiger charge is -2.28. The van der Waals surface area contributed by atoms with Crippen LogP contribution in [0.3, 0.4) is 0 Å². The molecule has 1 aromatic rings. The van der Waals surface area contributed by atoms with Crippen molar-refractivity contribution in [3.05, 3.63) is 33.8 Å². The van der Waals surface area contributed by atoms with Gasteiger partial charge in [-0.3, -0.25) is 4.79 Å². The van der Waals surface area contributed by atoms with Crippen molar-refractivity contribution in [2.45, 2.75) is 32.3 Å².